The molecule has 3 N–H and O–H groups in total. The number of primary amides is 1. The standard InChI is InChI=1S/C21H22N4O2/c22-19(26)11-13-25-14-12-20(24-25)23-21(27)15-18(16-7-3-1-4-8-16)17-9-5-2-6-10-17/h1-10,12,14,18H,11,13,15H2,(H2,22,26)(H,23,24,27). The van der Waals surface area contributed by atoms with E-state index in [0.717, 1.165) is 11.1 Å². The van der Waals surface area contributed by atoms with E-state index in [1.807, 2.05) is 60.7 Å². The Balaban J connectivity index is 1.69. The van der Waals surface area contributed by atoms with Gasteiger partial charge in [-0.15, -0.1) is 0 Å². The van der Waals surface area contributed by atoms with E-state index in [4.69, 9.17) is 5.73 Å². The number of nitrogens with zero attached hydrogens (tertiary/aromatic N) is 2. The van der Waals surface area contributed by atoms with Crippen LogP contribution < -0.4 is 11.1 Å². The second kappa shape index (κ2) is 8.80. The normalized spacial score (nSPS) is 10.7. The summed E-state index contributed by atoms with van der Waals surface area (Å²) >= 11 is 0. The topological polar surface area (TPSA) is 90.0 Å². The molecule has 0 fully saturated rings. The third-order valence-corrected chi connectivity index (χ3v) is 4.29. The van der Waals surface area contributed by atoms with Gasteiger partial charge in [0.25, 0.3) is 0 Å². The molecule has 0 unspecified atom stereocenters. The van der Waals surface area contributed by atoms with Crippen molar-refractivity contribution in [2.24, 2.45) is 5.73 Å². The first-order valence-corrected chi connectivity index (χ1v) is 8.83. The number of rotatable bonds is 8. The number of nitrogens with one attached hydrogen (secondary N) is 1. The van der Waals surface area contributed by atoms with Crippen LogP contribution in [0.4, 0.5) is 5.82 Å². The summed E-state index contributed by atoms with van der Waals surface area (Å²) in [4.78, 5) is 23.5. The van der Waals surface area contributed by atoms with Crippen LogP contribution in [0.25, 0.3) is 0 Å². The average molecular weight is 362 g/mol. The van der Waals surface area contributed by atoms with Crippen molar-refractivity contribution in [1.82, 2.24) is 9.78 Å². The number of aryl methyl sites for hydroxylation is 1. The Hall–Kier alpha value is -3.41. The first kappa shape index (κ1) is 18.4. The molecule has 0 radical (unpaired) electrons. The minimum absolute atomic E-state index is 0.0376. The highest BCUT2D eigenvalue weighted by atomic mass is 16.2. The molecule has 0 aliphatic carbocycles. The van der Waals surface area contributed by atoms with Crippen LogP contribution in [0.15, 0.2) is 72.9 Å². The van der Waals surface area contributed by atoms with E-state index in [9.17, 15) is 9.59 Å². The van der Waals surface area contributed by atoms with Crippen molar-refractivity contribution in [3.63, 3.8) is 0 Å². The summed E-state index contributed by atoms with van der Waals surface area (Å²) in [5.74, 6) is -0.0776. The maximum atomic E-state index is 12.6. The summed E-state index contributed by atoms with van der Waals surface area (Å²) in [5, 5.41) is 7.08. The average Bonchev–Trinajstić information content (AvgIpc) is 3.13. The second-order valence-electron chi connectivity index (χ2n) is 6.31. The maximum absolute atomic E-state index is 12.6. The zero-order valence-electron chi connectivity index (χ0n) is 14.9. The Morgan fingerprint density at radius 3 is 2.11 bits per heavy atom. The fourth-order valence-corrected chi connectivity index (χ4v) is 2.96. The first-order chi connectivity index (χ1) is 13.1. The summed E-state index contributed by atoms with van der Waals surface area (Å²) in [7, 11) is 0. The molecular weight excluding hydrogens is 340 g/mol. The minimum atomic E-state index is -0.385. The molecule has 0 aliphatic heterocycles. The summed E-state index contributed by atoms with van der Waals surface area (Å²) < 4.78 is 1.59. The largest absolute Gasteiger partial charge is 0.370 e. The summed E-state index contributed by atoms with van der Waals surface area (Å²) in [6.07, 6.45) is 2.23. The van der Waals surface area contributed by atoms with Gasteiger partial charge in [-0.1, -0.05) is 60.7 Å². The molecule has 138 valence electrons. The fourth-order valence-electron chi connectivity index (χ4n) is 2.96. The molecule has 1 aromatic heterocycles. The lowest BCUT2D eigenvalue weighted by Gasteiger charge is -2.17. The highest BCUT2D eigenvalue weighted by Gasteiger charge is 2.18. The quantitative estimate of drug-likeness (QED) is 0.645. The second-order valence-corrected chi connectivity index (χ2v) is 6.31. The first-order valence-electron chi connectivity index (χ1n) is 8.83. The number of benzene rings is 2. The molecule has 6 nitrogen and oxygen atoms in total. The van der Waals surface area contributed by atoms with Gasteiger partial charge < -0.3 is 11.1 Å². The lowest BCUT2D eigenvalue weighted by Crippen LogP contribution is -2.17. The molecule has 0 saturated heterocycles. The monoisotopic (exact) mass is 362 g/mol. The van der Waals surface area contributed by atoms with Crippen molar-refractivity contribution in [2.75, 3.05) is 5.32 Å². The number of aromatic nitrogens is 2. The van der Waals surface area contributed by atoms with E-state index in [2.05, 4.69) is 10.4 Å². The number of carbonyl (C=O) groups is 2. The SMILES string of the molecule is NC(=O)CCn1ccc(NC(=O)CC(c2ccccc2)c2ccccc2)n1. The zero-order chi connectivity index (χ0) is 19.1. The van der Waals surface area contributed by atoms with Gasteiger partial charge in [0.2, 0.25) is 11.8 Å². The van der Waals surface area contributed by atoms with Gasteiger partial charge in [-0.25, -0.2) is 0 Å². The molecule has 0 bridgehead atoms. The molecule has 0 atom stereocenters. The predicted octanol–water partition coefficient (Wildman–Crippen LogP) is 2.92. The molecule has 0 saturated carbocycles. The van der Waals surface area contributed by atoms with E-state index in [1.54, 1.807) is 16.9 Å². The molecule has 2 aromatic carbocycles. The van der Waals surface area contributed by atoms with Crippen molar-refractivity contribution in [1.29, 1.82) is 0 Å². The molecular formula is C21H22N4O2. The number of hydrogen-bond acceptors (Lipinski definition) is 3. The molecule has 1 heterocycles. The van der Waals surface area contributed by atoms with Crippen LogP contribution in [0.5, 0.6) is 0 Å². The highest BCUT2D eigenvalue weighted by Crippen LogP contribution is 2.28. The van der Waals surface area contributed by atoms with Gasteiger partial charge in [-0.3, -0.25) is 14.3 Å². The molecule has 27 heavy (non-hydrogen) atoms. The minimum Gasteiger partial charge on any atom is -0.370 e. The van der Waals surface area contributed by atoms with Gasteiger partial charge in [0.05, 0.1) is 0 Å². The number of nitrogens with two attached hydrogens (primary N) is 1. The molecule has 0 spiro atoms. The van der Waals surface area contributed by atoms with Crippen molar-refractivity contribution in [3.8, 4) is 0 Å². The van der Waals surface area contributed by atoms with E-state index in [-0.39, 0.29) is 24.2 Å². The van der Waals surface area contributed by atoms with Gasteiger partial charge >= 0.3 is 0 Å². The Labute approximate surface area is 158 Å². The van der Waals surface area contributed by atoms with Crippen molar-refractivity contribution in [2.45, 2.75) is 25.3 Å². The Morgan fingerprint density at radius 1 is 0.963 bits per heavy atom. The van der Waals surface area contributed by atoms with Gasteiger partial charge in [-0.2, -0.15) is 5.10 Å². The Morgan fingerprint density at radius 2 is 1.56 bits per heavy atom. The van der Waals surface area contributed by atoms with Crippen molar-refractivity contribution in [3.05, 3.63) is 84.1 Å². The Bertz CT molecular complexity index is 851. The van der Waals surface area contributed by atoms with Gasteiger partial charge in [-0.05, 0) is 11.1 Å². The number of amides is 2. The van der Waals surface area contributed by atoms with Gasteiger partial charge in [0.1, 0.15) is 0 Å². The third kappa shape index (κ3) is 5.28. The maximum Gasteiger partial charge on any atom is 0.226 e. The molecule has 3 rings (SSSR count). The van der Waals surface area contributed by atoms with Crippen LogP contribution in [-0.2, 0) is 16.1 Å². The van der Waals surface area contributed by atoms with Crippen LogP contribution >= 0.6 is 0 Å². The van der Waals surface area contributed by atoms with E-state index < -0.39 is 0 Å². The van der Waals surface area contributed by atoms with Gasteiger partial charge in [0.15, 0.2) is 5.82 Å². The third-order valence-electron chi connectivity index (χ3n) is 4.29. The van der Waals surface area contributed by atoms with Crippen LogP contribution in [0.3, 0.4) is 0 Å². The van der Waals surface area contributed by atoms with Crippen LogP contribution in [0.2, 0.25) is 0 Å². The van der Waals surface area contributed by atoms with Crippen LogP contribution in [-0.4, -0.2) is 21.6 Å². The smallest absolute Gasteiger partial charge is 0.226 e. The highest BCUT2D eigenvalue weighted by molar-refractivity contribution is 5.90. The van der Waals surface area contributed by atoms with Crippen LogP contribution in [0, 0.1) is 0 Å². The number of hydrogen-bond donors (Lipinski definition) is 2. The fraction of sp³-hybridized carbons (Fsp3) is 0.190. The van der Waals surface area contributed by atoms with Crippen molar-refractivity contribution < 1.29 is 9.59 Å². The molecule has 6 heteroatoms. The summed E-state index contributed by atoms with van der Waals surface area (Å²) in [5.41, 5.74) is 7.32. The molecule has 3 aromatic rings. The lowest BCUT2D eigenvalue weighted by molar-refractivity contribution is -0.118. The summed E-state index contributed by atoms with van der Waals surface area (Å²) in [6.45, 7) is 0.391. The molecule has 2 amide bonds. The van der Waals surface area contributed by atoms with E-state index in [0.29, 0.717) is 18.8 Å². The van der Waals surface area contributed by atoms with Crippen molar-refractivity contribution >= 4 is 17.6 Å². The number of anilines is 1. The lowest BCUT2D eigenvalue weighted by atomic mass is 9.88. The van der Waals surface area contributed by atoms with E-state index in [1.165, 1.54) is 0 Å². The van der Waals surface area contributed by atoms with Gasteiger partial charge in [0, 0.05) is 37.6 Å². The van der Waals surface area contributed by atoms with E-state index >= 15 is 0 Å². The summed E-state index contributed by atoms with van der Waals surface area (Å²) in [6, 6.07) is 21.7. The number of carbonyl (C=O) groups excluding carboxylic acids is 2. The molecule has 0 aliphatic rings. The zero-order valence-corrected chi connectivity index (χ0v) is 14.9. The predicted molar refractivity (Wildman–Crippen MR) is 104 cm³/mol. The van der Waals surface area contributed by atoms with Crippen LogP contribution in [0.1, 0.15) is 29.9 Å². The Kier molecular flexibility index (Phi) is 5.99.